The molecule has 5 heteroatoms. The molecule has 0 bridgehead atoms. The van der Waals surface area contributed by atoms with Gasteiger partial charge in [-0.25, -0.2) is 0 Å². The van der Waals surface area contributed by atoms with Gasteiger partial charge in [0.1, 0.15) is 12.4 Å². The van der Waals surface area contributed by atoms with E-state index in [-0.39, 0.29) is 5.91 Å². The van der Waals surface area contributed by atoms with Crippen LogP contribution in [0.5, 0.6) is 5.75 Å². The Labute approximate surface area is 130 Å². The van der Waals surface area contributed by atoms with Gasteiger partial charge in [-0.3, -0.25) is 4.79 Å². The number of amides is 1. The Morgan fingerprint density at radius 1 is 1.20 bits per heavy atom. The molecule has 1 heterocycles. The van der Waals surface area contributed by atoms with Crippen LogP contribution in [0.15, 0.2) is 46.9 Å². The summed E-state index contributed by atoms with van der Waals surface area (Å²) >= 11 is 9.55. The van der Waals surface area contributed by atoms with Crippen LogP contribution < -0.4 is 9.64 Å². The quantitative estimate of drug-likeness (QED) is 0.772. The van der Waals surface area contributed by atoms with Gasteiger partial charge in [-0.1, -0.05) is 29.8 Å². The lowest BCUT2D eigenvalue weighted by Crippen LogP contribution is -2.38. The number of carbonyl (C=O) groups is 1. The van der Waals surface area contributed by atoms with Gasteiger partial charge >= 0.3 is 0 Å². The fraction of sp³-hybridized carbons (Fsp3) is 0.133. The second-order valence-corrected chi connectivity index (χ2v) is 5.61. The average molecular weight is 353 g/mol. The van der Waals surface area contributed by atoms with E-state index in [0.29, 0.717) is 28.2 Å². The lowest BCUT2D eigenvalue weighted by atomic mass is 10.1. The summed E-state index contributed by atoms with van der Waals surface area (Å²) in [5, 5.41) is 0.432. The van der Waals surface area contributed by atoms with Gasteiger partial charge in [-0.2, -0.15) is 0 Å². The maximum atomic E-state index is 12.7. The van der Waals surface area contributed by atoms with Crippen molar-refractivity contribution in [1.29, 1.82) is 0 Å². The molecule has 20 heavy (non-hydrogen) atoms. The van der Waals surface area contributed by atoms with Crippen molar-refractivity contribution in [1.82, 2.24) is 0 Å². The highest BCUT2D eigenvalue weighted by Gasteiger charge is 2.26. The lowest BCUT2D eigenvalue weighted by Gasteiger charge is -2.29. The number of nitrogens with zero attached hydrogens (tertiary/aromatic N) is 1. The molecular formula is C15H11BrClNO2. The Balaban J connectivity index is 2.02. The number of ether oxygens (including phenoxy) is 1. The van der Waals surface area contributed by atoms with Gasteiger partial charge in [-0.15, -0.1) is 0 Å². The summed E-state index contributed by atoms with van der Waals surface area (Å²) in [7, 11) is 0. The summed E-state index contributed by atoms with van der Waals surface area (Å²) in [6, 6.07) is 12.8. The molecule has 0 spiro atoms. The van der Waals surface area contributed by atoms with Crippen LogP contribution in [-0.2, 0) is 0 Å². The number of halogens is 2. The van der Waals surface area contributed by atoms with Crippen LogP contribution in [0.4, 0.5) is 5.69 Å². The third-order valence-corrected chi connectivity index (χ3v) is 4.45. The van der Waals surface area contributed by atoms with E-state index in [0.717, 1.165) is 11.4 Å². The summed E-state index contributed by atoms with van der Waals surface area (Å²) in [5.41, 5.74) is 1.26. The summed E-state index contributed by atoms with van der Waals surface area (Å²) in [4.78, 5) is 14.4. The van der Waals surface area contributed by atoms with Crippen molar-refractivity contribution in [2.24, 2.45) is 0 Å². The van der Waals surface area contributed by atoms with E-state index in [9.17, 15) is 4.79 Å². The number of para-hydroxylation sites is 2. The number of fused-ring (bicyclic) bond motifs is 1. The molecule has 102 valence electrons. The average Bonchev–Trinajstić information content (AvgIpc) is 2.49. The molecule has 0 aromatic heterocycles. The van der Waals surface area contributed by atoms with Crippen molar-refractivity contribution in [3.63, 3.8) is 0 Å². The number of hydrogen-bond acceptors (Lipinski definition) is 2. The maximum Gasteiger partial charge on any atom is 0.260 e. The van der Waals surface area contributed by atoms with Crippen molar-refractivity contribution in [2.75, 3.05) is 18.1 Å². The first-order valence-corrected chi connectivity index (χ1v) is 7.33. The minimum Gasteiger partial charge on any atom is -0.490 e. The predicted octanol–water partition coefficient (Wildman–Crippen LogP) is 4.14. The molecule has 1 aliphatic rings. The van der Waals surface area contributed by atoms with E-state index in [1.165, 1.54) is 0 Å². The van der Waals surface area contributed by atoms with Crippen LogP contribution in [0.25, 0.3) is 0 Å². The molecular weight excluding hydrogens is 342 g/mol. The first kappa shape index (κ1) is 13.5. The Kier molecular flexibility index (Phi) is 3.68. The van der Waals surface area contributed by atoms with E-state index in [1.807, 2.05) is 30.3 Å². The molecule has 3 rings (SSSR count). The Hall–Kier alpha value is -1.52. The highest BCUT2D eigenvalue weighted by atomic mass is 79.9. The fourth-order valence-electron chi connectivity index (χ4n) is 2.19. The zero-order valence-electron chi connectivity index (χ0n) is 10.5. The number of benzene rings is 2. The van der Waals surface area contributed by atoms with Gasteiger partial charge in [0.15, 0.2) is 0 Å². The zero-order valence-corrected chi connectivity index (χ0v) is 12.8. The molecule has 0 N–H and O–H groups in total. The normalized spacial score (nSPS) is 13.6. The smallest absolute Gasteiger partial charge is 0.260 e. The van der Waals surface area contributed by atoms with E-state index >= 15 is 0 Å². The monoisotopic (exact) mass is 351 g/mol. The molecule has 0 atom stereocenters. The first-order chi connectivity index (χ1) is 9.68. The Bertz CT molecular complexity index is 675. The third-order valence-electron chi connectivity index (χ3n) is 3.16. The van der Waals surface area contributed by atoms with E-state index < -0.39 is 0 Å². The SMILES string of the molecule is O=C(c1cccc(Br)c1Cl)N1CCOc2ccccc21. The molecule has 0 saturated heterocycles. The standard InChI is InChI=1S/C15H11BrClNO2/c16-11-5-3-4-10(14(11)17)15(19)18-8-9-20-13-7-2-1-6-12(13)18/h1-7H,8-9H2. The second kappa shape index (κ2) is 5.46. The number of rotatable bonds is 1. The van der Waals surface area contributed by atoms with Crippen LogP contribution in [0.1, 0.15) is 10.4 Å². The maximum absolute atomic E-state index is 12.7. The molecule has 2 aromatic rings. The summed E-state index contributed by atoms with van der Waals surface area (Å²) in [6.07, 6.45) is 0. The second-order valence-electron chi connectivity index (χ2n) is 4.37. The van der Waals surface area contributed by atoms with Crippen LogP contribution >= 0.6 is 27.5 Å². The highest BCUT2D eigenvalue weighted by Crippen LogP contribution is 2.34. The van der Waals surface area contributed by atoms with E-state index in [4.69, 9.17) is 16.3 Å². The number of hydrogen-bond donors (Lipinski definition) is 0. The van der Waals surface area contributed by atoms with Crippen LogP contribution in [-0.4, -0.2) is 19.1 Å². The molecule has 0 saturated carbocycles. The van der Waals surface area contributed by atoms with Crippen LogP contribution in [0, 0.1) is 0 Å². The van der Waals surface area contributed by atoms with Gasteiger partial charge in [0, 0.05) is 4.47 Å². The highest BCUT2D eigenvalue weighted by molar-refractivity contribution is 9.10. The van der Waals surface area contributed by atoms with Gasteiger partial charge in [0.2, 0.25) is 0 Å². The van der Waals surface area contributed by atoms with Crippen molar-refractivity contribution < 1.29 is 9.53 Å². The number of carbonyl (C=O) groups excluding carboxylic acids is 1. The molecule has 1 aliphatic heterocycles. The first-order valence-electron chi connectivity index (χ1n) is 6.16. The largest absolute Gasteiger partial charge is 0.490 e. The van der Waals surface area contributed by atoms with Crippen molar-refractivity contribution in [2.45, 2.75) is 0 Å². The van der Waals surface area contributed by atoms with Crippen molar-refractivity contribution in [3.8, 4) is 5.75 Å². The topological polar surface area (TPSA) is 29.5 Å². The van der Waals surface area contributed by atoms with Gasteiger partial charge in [0.25, 0.3) is 5.91 Å². The van der Waals surface area contributed by atoms with Crippen LogP contribution in [0.3, 0.4) is 0 Å². The molecule has 3 nitrogen and oxygen atoms in total. The van der Waals surface area contributed by atoms with Crippen LogP contribution in [0.2, 0.25) is 5.02 Å². The van der Waals surface area contributed by atoms with Crippen molar-refractivity contribution in [3.05, 3.63) is 57.5 Å². The molecule has 1 amide bonds. The molecule has 0 fully saturated rings. The van der Waals surface area contributed by atoms with E-state index in [1.54, 1.807) is 17.0 Å². The summed E-state index contributed by atoms with van der Waals surface area (Å²) < 4.78 is 6.27. The Morgan fingerprint density at radius 3 is 2.85 bits per heavy atom. The van der Waals surface area contributed by atoms with Gasteiger partial charge in [-0.05, 0) is 40.2 Å². The molecule has 2 aromatic carbocycles. The number of anilines is 1. The minimum absolute atomic E-state index is 0.118. The summed E-state index contributed by atoms with van der Waals surface area (Å²) in [6.45, 7) is 0.993. The van der Waals surface area contributed by atoms with Gasteiger partial charge < -0.3 is 9.64 Å². The zero-order chi connectivity index (χ0) is 14.1. The van der Waals surface area contributed by atoms with Crippen molar-refractivity contribution >= 4 is 39.1 Å². The molecule has 0 aliphatic carbocycles. The predicted molar refractivity (Wildman–Crippen MR) is 82.8 cm³/mol. The molecule has 0 unspecified atom stereocenters. The Morgan fingerprint density at radius 2 is 2.00 bits per heavy atom. The van der Waals surface area contributed by atoms with Gasteiger partial charge in [0.05, 0.1) is 22.8 Å². The fourth-order valence-corrected chi connectivity index (χ4v) is 2.77. The van der Waals surface area contributed by atoms with E-state index in [2.05, 4.69) is 15.9 Å². The molecule has 0 radical (unpaired) electrons. The third kappa shape index (κ3) is 2.30. The lowest BCUT2D eigenvalue weighted by molar-refractivity contribution is 0.0976. The minimum atomic E-state index is -0.118. The summed E-state index contributed by atoms with van der Waals surface area (Å²) in [5.74, 6) is 0.602.